The lowest BCUT2D eigenvalue weighted by Gasteiger charge is -2.34. The number of amides is 1. The number of hydrogen-bond acceptors (Lipinski definition) is 4. The van der Waals surface area contributed by atoms with E-state index in [4.69, 9.17) is 4.74 Å². The highest BCUT2D eigenvalue weighted by molar-refractivity contribution is 14.0. The summed E-state index contributed by atoms with van der Waals surface area (Å²) in [6.45, 7) is 8.68. The maximum atomic E-state index is 11.6. The minimum Gasteiger partial charge on any atom is -0.453 e. The lowest BCUT2D eigenvalue weighted by molar-refractivity contribution is 0.111. The Morgan fingerprint density at radius 3 is 2.45 bits per heavy atom. The Kier molecular flexibility index (Phi) is 10.7. The molecule has 1 atom stereocenters. The Balaban J connectivity index is 0.00000420. The lowest BCUT2D eigenvalue weighted by atomic mass is 10.0. The molecule has 0 saturated carbocycles. The summed E-state index contributed by atoms with van der Waals surface area (Å²) in [7, 11) is 3.21. The topological polar surface area (TPSA) is 78.0 Å². The van der Waals surface area contributed by atoms with Gasteiger partial charge in [0.25, 0.3) is 0 Å². The summed E-state index contributed by atoms with van der Waals surface area (Å²) < 4.78 is 4.79. The number of rotatable bonds is 6. The number of ether oxygens (including phenoxy) is 1. The molecule has 0 bridgehead atoms. The SMILES string of the molecule is CN=C(NCC(C)(C)NC(C)c1ccccc1)NC1CCN(C(=O)OC)CC1.I. The summed E-state index contributed by atoms with van der Waals surface area (Å²) in [5.74, 6) is 0.791. The van der Waals surface area contributed by atoms with Crippen molar-refractivity contribution in [2.24, 2.45) is 4.99 Å². The first-order chi connectivity index (χ1) is 13.3. The van der Waals surface area contributed by atoms with Gasteiger partial charge in [-0.15, -0.1) is 24.0 Å². The van der Waals surface area contributed by atoms with Crippen LogP contribution in [-0.4, -0.2) is 62.3 Å². The van der Waals surface area contributed by atoms with Gasteiger partial charge in [-0.25, -0.2) is 4.79 Å². The molecule has 1 aromatic carbocycles. The van der Waals surface area contributed by atoms with E-state index in [0.29, 0.717) is 19.1 Å². The molecular formula is C21H36IN5O2. The van der Waals surface area contributed by atoms with Gasteiger partial charge in [-0.3, -0.25) is 4.99 Å². The summed E-state index contributed by atoms with van der Waals surface area (Å²) in [6, 6.07) is 11.0. The average Bonchev–Trinajstić information content (AvgIpc) is 2.71. The highest BCUT2D eigenvalue weighted by atomic mass is 127. The van der Waals surface area contributed by atoms with Crippen molar-refractivity contribution >= 4 is 36.0 Å². The van der Waals surface area contributed by atoms with Crippen LogP contribution >= 0.6 is 24.0 Å². The maximum Gasteiger partial charge on any atom is 0.409 e. The van der Waals surface area contributed by atoms with Gasteiger partial charge in [0.15, 0.2) is 5.96 Å². The molecule has 1 aromatic rings. The van der Waals surface area contributed by atoms with E-state index in [-0.39, 0.29) is 41.7 Å². The van der Waals surface area contributed by atoms with Crippen molar-refractivity contribution in [2.75, 3.05) is 33.8 Å². The number of carbonyl (C=O) groups is 1. The van der Waals surface area contributed by atoms with Gasteiger partial charge < -0.3 is 25.6 Å². The van der Waals surface area contributed by atoms with Crippen LogP contribution in [0.15, 0.2) is 35.3 Å². The van der Waals surface area contributed by atoms with Gasteiger partial charge in [-0.2, -0.15) is 0 Å². The van der Waals surface area contributed by atoms with Crippen LogP contribution in [0.2, 0.25) is 0 Å². The number of aliphatic imine (C=N–C) groups is 1. The second-order valence-electron chi connectivity index (χ2n) is 7.96. The van der Waals surface area contributed by atoms with Crippen LogP contribution in [0.4, 0.5) is 4.79 Å². The third kappa shape index (κ3) is 8.38. The molecule has 0 radical (unpaired) electrons. The van der Waals surface area contributed by atoms with Gasteiger partial charge in [0.1, 0.15) is 0 Å². The summed E-state index contributed by atoms with van der Waals surface area (Å²) in [5.41, 5.74) is 1.16. The van der Waals surface area contributed by atoms with Crippen molar-refractivity contribution in [2.45, 2.75) is 51.2 Å². The summed E-state index contributed by atoms with van der Waals surface area (Å²) in [4.78, 5) is 17.7. The molecule has 1 fully saturated rings. The molecule has 2 rings (SSSR count). The van der Waals surface area contributed by atoms with Crippen molar-refractivity contribution in [3.8, 4) is 0 Å². The number of hydrogen-bond donors (Lipinski definition) is 3. The van der Waals surface area contributed by atoms with Crippen LogP contribution in [0.5, 0.6) is 0 Å². The predicted octanol–water partition coefficient (Wildman–Crippen LogP) is 3.13. The first-order valence-electron chi connectivity index (χ1n) is 9.97. The molecule has 1 unspecified atom stereocenters. The molecule has 1 saturated heterocycles. The molecule has 7 nitrogen and oxygen atoms in total. The Bertz CT molecular complexity index is 646. The van der Waals surface area contributed by atoms with Gasteiger partial charge in [0.2, 0.25) is 0 Å². The predicted molar refractivity (Wildman–Crippen MR) is 129 cm³/mol. The normalized spacial score (nSPS) is 16.6. The molecule has 1 amide bonds. The standard InChI is InChI=1S/C21H35N5O2.HI/c1-16(17-9-7-6-8-10-17)25-21(2,3)15-23-19(22-4)24-18-11-13-26(14-12-18)20(27)28-5;/h6-10,16,18,25H,11-15H2,1-5H3,(H2,22,23,24);1H. The van der Waals surface area contributed by atoms with Gasteiger partial charge >= 0.3 is 6.09 Å². The van der Waals surface area contributed by atoms with Crippen molar-refractivity contribution in [1.82, 2.24) is 20.9 Å². The molecule has 3 N–H and O–H groups in total. The molecule has 8 heteroatoms. The number of methoxy groups -OCH3 is 1. The van der Waals surface area contributed by atoms with E-state index in [9.17, 15) is 4.79 Å². The first kappa shape index (κ1) is 25.5. The molecular weight excluding hydrogens is 481 g/mol. The van der Waals surface area contributed by atoms with Crippen LogP contribution in [0.1, 0.15) is 45.2 Å². The zero-order valence-corrected chi connectivity index (χ0v) is 20.5. The molecule has 29 heavy (non-hydrogen) atoms. The Morgan fingerprint density at radius 2 is 1.90 bits per heavy atom. The fourth-order valence-corrected chi connectivity index (χ4v) is 3.49. The highest BCUT2D eigenvalue weighted by Crippen LogP contribution is 2.16. The van der Waals surface area contributed by atoms with E-state index in [1.54, 1.807) is 11.9 Å². The second-order valence-corrected chi connectivity index (χ2v) is 7.96. The molecule has 0 aromatic heterocycles. The Hall–Kier alpha value is -1.55. The van der Waals surface area contributed by atoms with E-state index in [1.165, 1.54) is 12.7 Å². The number of guanidine groups is 1. The summed E-state index contributed by atoms with van der Waals surface area (Å²) in [5, 5.41) is 10.6. The van der Waals surface area contributed by atoms with E-state index in [2.05, 4.69) is 66.0 Å². The van der Waals surface area contributed by atoms with Crippen molar-refractivity contribution in [3.05, 3.63) is 35.9 Å². The molecule has 1 aliphatic heterocycles. The van der Waals surface area contributed by atoms with Crippen LogP contribution in [0.25, 0.3) is 0 Å². The summed E-state index contributed by atoms with van der Waals surface area (Å²) >= 11 is 0. The van der Waals surface area contributed by atoms with Gasteiger partial charge in [-0.05, 0) is 39.2 Å². The fourth-order valence-electron chi connectivity index (χ4n) is 3.49. The quantitative estimate of drug-likeness (QED) is 0.307. The number of nitrogens with one attached hydrogen (secondary N) is 3. The fraction of sp³-hybridized carbons (Fsp3) is 0.619. The molecule has 1 aliphatic rings. The zero-order valence-electron chi connectivity index (χ0n) is 18.2. The van der Waals surface area contributed by atoms with Crippen LogP contribution < -0.4 is 16.0 Å². The number of nitrogens with zero attached hydrogens (tertiary/aromatic N) is 2. The zero-order chi connectivity index (χ0) is 20.6. The molecule has 164 valence electrons. The number of carbonyl (C=O) groups excluding carboxylic acids is 1. The lowest BCUT2D eigenvalue weighted by Crippen LogP contribution is -2.54. The highest BCUT2D eigenvalue weighted by Gasteiger charge is 2.25. The molecule has 1 heterocycles. The Labute approximate surface area is 192 Å². The summed E-state index contributed by atoms with van der Waals surface area (Å²) in [6.07, 6.45) is 1.51. The first-order valence-corrected chi connectivity index (χ1v) is 9.97. The van der Waals surface area contributed by atoms with Gasteiger partial charge in [-0.1, -0.05) is 30.3 Å². The largest absolute Gasteiger partial charge is 0.453 e. The van der Waals surface area contributed by atoms with Crippen molar-refractivity contribution in [3.63, 3.8) is 0 Å². The average molecular weight is 517 g/mol. The monoisotopic (exact) mass is 517 g/mol. The van der Waals surface area contributed by atoms with E-state index >= 15 is 0 Å². The number of likely N-dealkylation sites (tertiary alicyclic amines) is 1. The Morgan fingerprint density at radius 1 is 1.28 bits per heavy atom. The maximum absolute atomic E-state index is 11.6. The molecule has 0 spiro atoms. The van der Waals surface area contributed by atoms with E-state index in [0.717, 1.165) is 25.3 Å². The minimum absolute atomic E-state index is 0. The van der Waals surface area contributed by atoms with E-state index in [1.807, 2.05) is 6.07 Å². The number of benzene rings is 1. The van der Waals surface area contributed by atoms with Crippen LogP contribution in [0, 0.1) is 0 Å². The van der Waals surface area contributed by atoms with Crippen molar-refractivity contribution in [1.29, 1.82) is 0 Å². The van der Waals surface area contributed by atoms with Gasteiger partial charge in [0.05, 0.1) is 7.11 Å². The minimum atomic E-state index is -0.249. The number of piperidine rings is 1. The van der Waals surface area contributed by atoms with Crippen LogP contribution in [-0.2, 0) is 4.74 Å². The van der Waals surface area contributed by atoms with Crippen molar-refractivity contribution < 1.29 is 9.53 Å². The van der Waals surface area contributed by atoms with Crippen LogP contribution in [0.3, 0.4) is 0 Å². The third-order valence-electron chi connectivity index (χ3n) is 5.10. The third-order valence-corrected chi connectivity index (χ3v) is 5.10. The second kappa shape index (κ2) is 12.2. The van der Waals surface area contributed by atoms with Gasteiger partial charge in [0, 0.05) is 44.3 Å². The smallest absolute Gasteiger partial charge is 0.409 e. The number of halogens is 1. The van der Waals surface area contributed by atoms with E-state index < -0.39 is 0 Å². The molecule has 0 aliphatic carbocycles.